The second-order valence-electron chi connectivity index (χ2n) is 8.45. The lowest BCUT2D eigenvalue weighted by Gasteiger charge is -2.38. The molecule has 1 saturated heterocycles. The van der Waals surface area contributed by atoms with Crippen LogP contribution in [0.3, 0.4) is 0 Å². The zero-order valence-corrected chi connectivity index (χ0v) is 18.4. The maximum absolute atomic E-state index is 13.1. The summed E-state index contributed by atoms with van der Waals surface area (Å²) in [5, 5.41) is 2.39. The van der Waals surface area contributed by atoms with Gasteiger partial charge >= 0.3 is 6.18 Å². The number of amides is 2. The summed E-state index contributed by atoms with van der Waals surface area (Å²) in [7, 11) is 0. The Morgan fingerprint density at radius 3 is 2.36 bits per heavy atom. The van der Waals surface area contributed by atoms with E-state index in [1.54, 1.807) is 0 Å². The Hall–Kier alpha value is -2.91. The Bertz CT molecular complexity index is 1020. The first-order chi connectivity index (χ1) is 15.7. The Balaban J connectivity index is 1.29. The van der Waals surface area contributed by atoms with Gasteiger partial charge in [-0.05, 0) is 37.1 Å². The minimum Gasteiger partial charge on any atom is -0.324 e. The lowest BCUT2D eigenvalue weighted by atomic mass is 10.1. The first-order valence-corrected chi connectivity index (χ1v) is 11.1. The molecular formula is C24H27F3N4O2. The summed E-state index contributed by atoms with van der Waals surface area (Å²) in [6.45, 7) is 4.92. The predicted octanol–water partition coefficient (Wildman–Crippen LogP) is 3.24. The second kappa shape index (κ2) is 9.52. The van der Waals surface area contributed by atoms with Gasteiger partial charge in [0.05, 0.1) is 23.8 Å². The number of carbonyl (C=O) groups is 2. The number of benzene rings is 2. The van der Waals surface area contributed by atoms with Gasteiger partial charge in [-0.25, -0.2) is 0 Å². The van der Waals surface area contributed by atoms with Crippen LogP contribution < -0.4 is 10.2 Å². The van der Waals surface area contributed by atoms with E-state index >= 15 is 0 Å². The third-order valence-corrected chi connectivity index (χ3v) is 6.34. The molecule has 0 spiro atoms. The van der Waals surface area contributed by atoms with E-state index in [1.165, 1.54) is 23.8 Å². The van der Waals surface area contributed by atoms with Gasteiger partial charge in [0.15, 0.2) is 0 Å². The molecule has 0 bridgehead atoms. The quantitative estimate of drug-likeness (QED) is 0.745. The summed E-state index contributed by atoms with van der Waals surface area (Å²) < 4.78 is 39.4. The van der Waals surface area contributed by atoms with Gasteiger partial charge in [0.1, 0.15) is 0 Å². The molecule has 1 fully saturated rings. The monoisotopic (exact) mass is 460 g/mol. The highest BCUT2D eigenvalue weighted by Gasteiger charge is 2.34. The standard InChI is InChI=1S/C24H27F3N4O2/c1-17(23(33)31-11-10-18-6-2-5-9-21(18)31)30-14-12-29(13-15-30)16-22(32)28-20-8-4-3-7-19(20)24(25,26)27/h2-9,17H,10-16H2,1H3,(H,28,32). The number of halogens is 3. The summed E-state index contributed by atoms with van der Waals surface area (Å²) in [4.78, 5) is 31.3. The van der Waals surface area contributed by atoms with Gasteiger partial charge in [-0.1, -0.05) is 30.3 Å². The Kier molecular flexibility index (Phi) is 6.71. The van der Waals surface area contributed by atoms with Crippen molar-refractivity contribution in [3.63, 3.8) is 0 Å². The van der Waals surface area contributed by atoms with Crippen molar-refractivity contribution in [2.24, 2.45) is 0 Å². The zero-order valence-electron chi connectivity index (χ0n) is 18.4. The molecule has 2 heterocycles. The Morgan fingerprint density at radius 2 is 1.64 bits per heavy atom. The van der Waals surface area contributed by atoms with E-state index in [2.05, 4.69) is 10.2 Å². The number of hydrogen-bond donors (Lipinski definition) is 1. The molecule has 1 N–H and O–H groups in total. The molecule has 9 heteroatoms. The minimum atomic E-state index is -4.53. The summed E-state index contributed by atoms with van der Waals surface area (Å²) >= 11 is 0. The molecule has 0 radical (unpaired) electrons. The minimum absolute atomic E-state index is 0.00184. The SMILES string of the molecule is CC(C(=O)N1CCc2ccccc21)N1CCN(CC(=O)Nc2ccccc2C(F)(F)F)CC1. The number of piperazine rings is 1. The van der Waals surface area contributed by atoms with Crippen LogP contribution in [0, 0.1) is 0 Å². The van der Waals surface area contributed by atoms with Crippen LogP contribution in [0.4, 0.5) is 24.5 Å². The largest absolute Gasteiger partial charge is 0.418 e. The highest BCUT2D eigenvalue weighted by molar-refractivity contribution is 5.98. The molecule has 2 amide bonds. The number of fused-ring (bicyclic) bond motifs is 1. The number of nitrogens with one attached hydrogen (secondary N) is 1. The number of rotatable bonds is 5. The van der Waals surface area contributed by atoms with Crippen molar-refractivity contribution in [1.82, 2.24) is 9.80 Å². The number of nitrogens with zero attached hydrogens (tertiary/aromatic N) is 3. The van der Waals surface area contributed by atoms with Crippen molar-refractivity contribution in [1.29, 1.82) is 0 Å². The third kappa shape index (κ3) is 5.20. The fourth-order valence-corrected chi connectivity index (χ4v) is 4.49. The van der Waals surface area contributed by atoms with E-state index in [0.29, 0.717) is 32.7 Å². The van der Waals surface area contributed by atoms with Gasteiger partial charge in [0.25, 0.3) is 0 Å². The Labute approximate surface area is 191 Å². The van der Waals surface area contributed by atoms with Crippen molar-refractivity contribution in [3.05, 3.63) is 59.7 Å². The normalized spacial score (nSPS) is 18.1. The van der Waals surface area contributed by atoms with Gasteiger partial charge in [0, 0.05) is 38.4 Å². The maximum atomic E-state index is 13.1. The fourth-order valence-electron chi connectivity index (χ4n) is 4.49. The third-order valence-electron chi connectivity index (χ3n) is 6.34. The molecule has 0 aliphatic carbocycles. The number of anilines is 2. The van der Waals surface area contributed by atoms with E-state index < -0.39 is 17.6 Å². The number of hydrogen-bond acceptors (Lipinski definition) is 4. The van der Waals surface area contributed by atoms with Crippen LogP contribution in [0.5, 0.6) is 0 Å². The molecular weight excluding hydrogens is 433 g/mol. The summed E-state index contributed by atoms with van der Waals surface area (Å²) in [5.41, 5.74) is 1.06. The van der Waals surface area contributed by atoms with Gasteiger partial charge in [-0.3, -0.25) is 19.4 Å². The molecule has 4 rings (SSSR count). The van der Waals surface area contributed by atoms with Crippen LogP contribution in [0.15, 0.2) is 48.5 Å². The van der Waals surface area contributed by atoms with Crippen molar-refractivity contribution in [2.45, 2.75) is 25.6 Å². The second-order valence-corrected chi connectivity index (χ2v) is 8.45. The smallest absolute Gasteiger partial charge is 0.324 e. The average molecular weight is 461 g/mol. The molecule has 0 saturated carbocycles. The van der Waals surface area contributed by atoms with Crippen LogP contribution in [-0.2, 0) is 22.2 Å². The van der Waals surface area contributed by atoms with Crippen molar-refractivity contribution < 1.29 is 22.8 Å². The topological polar surface area (TPSA) is 55.9 Å². The van der Waals surface area contributed by atoms with E-state index in [9.17, 15) is 22.8 Å². The van der Waals surface area contributed by atoms with E-state index in [-0.39, 0.29) is 24.2 Å². The number of para-hydroxylation sites is 2. The molecule has 2 aliphatic rings. The first kappa shape index (κ1) is 23.3. The maximum Gasteiger partial charge on any atom is 0.418 e. The van der Waals surface area contributed by atoms with Crippen molar-refractivity contribution in [3.8, 4) is 0 Å². The zero-order chi connectivity index (χ0) is 23.6. The van der Waals surface area contributed by atoms with Gasteiger partial charge < -0.3 is 10.2 Å². The molecule has 33 heavy (non-hydrogen) atoms. The van der Waals surface area contributed by atoms with E-state index in [0.717, 1.165) is 18.2 Å². The number of alkyl halides is 3. The van der Waals surface area contributed by atoms with Crippen LogP contribution in [-0.4, -0.2) is 66.9 Å². The molecule has 2 aromatic carbocycles. The lowest BCUT2D eigenvalue weighted by Crippen LogP contribution is -2.55. The van der Waals surface area contributed by atoms with Crippen molar-refractivity contribution in [2.75, 3.05) is 49.5 Å². The lowest BCUT2D eigenvalue weighted by molar-refractivity contribution is -0.137. The highest BCUT2D eigenvalue weighted by atomic mass is 19.4. The summed E-state index contributed by atoms with van der Waals surface area (Å²) in [6.07, 6.45) is -3.68. The van der Waals surface area contributed by atoms with Gasteiger partial charge in [0.2, 0.25) is 11.8 Å². The van der Waals surface area contributed by atoms with E-state index in [4.69, 9.17) is 0 Å². The van der Waals surface area contributed by atoms with Crippen LogP contribution in [0.25, 0.3) is 0 Å². The molecule has 1 atom stereocenters. The summed E-state index contributed by atoms with van der Waals surface area (Å²) in [6, 6.07) is 12.6. The average Bonchev–Trinajstić information content (AvgIpc) is 3.22. The van der Waals surface area contributed by atoms with Crippen LogP contribution >= 0.6 is 0 Å². The molecule has 2 aliphatic heterocycles. The molecule has 176 valence electrons. The first-order valence-electron chi connectivity index (χ1n) is 11.1. The Morgan fingerprint density at radius 1 is 0.970 bits per heavy atom. The van der Waals surface area contributed by atoms with Crippen LogP contribution in [0.1, 0.15) is 18.1 Å². The number of carbonyl (C=O) groups excluding carboxylic acids is 2. The van der Waals surface area contributed by atoms with Crippen molar-refractivity contribution >= 4 is 23.2 Å². The highest BCUT2D eigenvalue weighted by Crippen LogP contribution is 2.34. The fraction of sp³-hybridized carbons (Fsp3) is 0.417. The van der Waals surface area contributed by atoms with Crippen LogP contribution in [0.2, 0.25) is 0 Å². The molecule has 2 aromatic rings. The molecule has 1 unspecified atom stereocenters. The predicted molar refractivity (Wildman–Crippen MR) is 120 cm³/mol. The summed E-state index contributed by atoms with van der Waals surface area (Å²) in [5.74, 6) is -0.423. The molecule has 6 nitrogen and oxygen atoms in total. The van der Waals surface area contributed by atoms with E-state index in [1.807, 2.05) is 41.0 Å². The van der Waals surface area contributed by atoms with Gasteiger partial charge in [-0.2, -0.15) is 13.2 Å². The molecule has 0 aromatic heterocycles. The van der Waals surface area contributed by atoms with Gasteiger partial charge in [-0.15, -0.1) is 0 Å².